The van der Waals surface area contributed by atoms with Gasteiger partial charge in [-0.25, -0.2) is 4.79 Å². The average Bonchev–Trinajstić information content (AvgIpc) is 2.81. The summed E-state index contributed by atoms with van der Waals surface area (Å²) in [6.45, 7) is 9.82. The van der Waals surface area contributed by atoms with Gasteiger partial charge < -0.3 is 15.2 Å². The first kappa shape index (κ1) is 17.6. The van der Waals surface area contributed by atoms with Crippen LogP contribution in [0.4, 0.5) is 10.6 Å². The summed E-state index contributed by atoms with van der Waals surface area (Å²) < 4.78 is 1.81. The molecular formula is C15H23N5O2. The number of aromatic nitrogens is 1. The molecule has 1 rings (SSSR count). The average molecular weight is 305 g/mol. The lowest BCUT2D eigenvalue weighted by Gasteiger charge is -2.24. The summed E-state index contributed by atoms with van der Waals surface area (Å²) in [6, 6.07) is 2.51. The van der Waals surface area contributed by atoms with Crippen molar-refractivity contribution in [2.45, 2.75) is 46.2 Å². The Morgan fingerprint density at radius 1 is 1.41 bits per heavy atom. The largest absolute Gasteiger partial charge is 0.355 e. The Kier molecular flexibility index (Phi) is 5.57. The van der Waals surface area contributed by atoms with E-state index in [0.29, 0.717) is 17.9 Å². The highest BCUT2D eigenvalue weighted by atomic mass is 16.2. The van der Waals surface area contributed by atoms with E-state index in [1.165, 1.54) is 0 Å². The minimum absolute atomic E-state index is 0.249. The quantitative estimate of drug-likeness (QED) is 0.790. The van der Waals surface area contributed by atoms with E-state index in [9.17, 15) is 9.59 Å². The summed E-state index contributed by atoms with van der Waals surface area (Å²) in [5.41, 5.74) is 0.171. The third kappa shape index (κ3) is 4.52. The van der Waals surface area contributed by atoms with Crippen molar-refractivity contribution in [2.24, 2.45) is 0 Å². The molecule has 0 saturated carbocycles. The van der Waals surface area contributed by atoms with Crippen LogP contribution in [-0.2, 0) is 10.3 Å². The molecule has 7 nitrogen and oxygen atoms in total. The molecule has 0 aliphatic heterocycles. The van der Waals surface area contributed by atoms with Crippen LogP contribution in [0.25, 0.3) is 0 Å². The first-order chi connectivity index (χ1) is 10.2. The number of rotatable bonds is 4. The Bertz CT molecular complexity index is 592. The van der Waals surface area contributed by atoms with Crippen molar-refractivity contribution in [1.29, 1.82) is 5.26 Å². The molecule has 0 aliphatic carbocycles. The van der Waals surface area contributed by atoms with E-state index in [1.807, 2.05) is 32.3 Å². The van der Waals surface area contributed by atoms with Crippen molar-refractivity contribution in [3.63, 3.8) is 0 Å². The minimum Gasteiger partial charge on any atom is -0.355 e. The van der Waals surface area contributed by atoms with E-state index < -0.39 is 12.1 Å². The van der Waals surface area contributed by atoms with E-state index in [1.54, 1.807) is 19.2 Å². The van der Waals surface area contributed by atoms with E-state index >= 15 is 0 Å². The minimum atomic E-state index is -0.645. The summed E-state index contributed by atoms with van der Waals surface area (Å²) in [6.07, 6.45) is 1.68. The first-order valence-electron chi connectivity index (χ1n) is 7.17. The second-order valence-corrected chi connectivity index (χ2v) is 5.98. The molecule has 0 saturated heterocycles. The number of nitriles is 1. The van der Waals surface area contributed by atoms with Gasteiger partial charge in [0, 0.05) is 18.3 Å². The van der Waals surface area contributed by atoms with Crippen molar-refractivity contribution in [2.75, 3.05) is 11.9 Å². The molecule has 0 aromatic carbocycles. The highest BCUT2D eigenvalue weighted by Gasteiger charge is 2.20. The Morgan fingerprint density at radius 2 is 2.05 bits per heavy atom. The van der Waals surface area contributed by atoms with Gasteiger partial charge in [0.2, 0.25) is 5.91 Å². The number of likely N-dealkylation sites (N-methyl/N-ethyl adjacent to an activating group) is 1. The van der Waals surface area contributed by atoms with Crippen LogP contribution in [0.5, 0.6) is 0 Å². The molecule has 120 valence electrons. The van der Waals surface area contributed by atoms with Crippen molar-refractivity contribution in [3.8, 4) is 6.07 Å². The molecule has 3 N–H and O–H groups in total. The number of carbonyl (C=O) groups excluding carboxylic acids is 2. The van der Waals surface area contributed by atoms with Gasteiger partial charge >= 0.3 is 6.03 Å². The maximum atomic E-state index is 12.0. The third-order valence-corrected chi connectivity index (χ3v) is 3.01. The normalized spacial score (nSPS) is 12.2. The topological polar surface area (TPSA) is 99.0 Å². The van der Waals surface area contributed by atoms with Crippen LogP contribution in [0.15, 0.2) is 12.3 Å². The maximum Gasteiger partial charge on any atom is 0.321 e. The molecule has 0 unspecified atom stereocenters. The number of amides is 3. The van der Waals surface area contributed by atoms with E-state index in [0.717, 1.165) is 0 Å². The summed E-state index contributed by atoms with van der Waals surface area (Å²) in [5.74, 6) is 0.256. The molecule has 0 fully saturated rings. The van der Waals surface area contributed by atoms with Crippen LogP contribution in [0, 0.1) is 11.3 Å². The van der Waals surface area contributed by atoms with Gasteiger partial charge in [-0.1, -0.05) is 0 Å². The summed E-state index contributed by atoms with van der Waals surface area (Å²) in [5, 5.41) is 16.9. The Balaban J connectivity index is 2.83. The van der Waals surface area contributed by atoms with Crippen LogP contribution >= 0.6 is 0 Å². The Labute approximate surface area is 130 Å². The van der Waals surface area contributed by atoms with Crippen molar-refractivity contribution in [3.05, 3.63) is 17.8 Å². The van der Waals surface area contributed by atoms with Crippen LogP contribution in [0.3, 0.4) is 0 Å². The van der Waals surface area contributed by atoms with Crippen LogP contribution in [-0.4, -0.2) is 29.1 Å². The van der Waals surface area contributed by atoms with Crippen molar-refractivity contribution >= 4 is 17.8 Å². The van der Waals surface area contributed by atoms with Crippen LogP contribution in [0.1, 0.15) is 40.2 Å². The van der Waals surface area contributed by atoms with Crippen molar-refractivity contribution < 1.29 is 9.59 Å². The van der Waals surface area contributed by atoms with Gasteiger partial charge in [-0.3, -0.25) is 10.1 Å². The molecule has 22 heavy (non-hydrogen) atoms. The van der Waals surface area contributed by atoms with Gasteiger partial charge in [-0.2, -0.15) is 5.26 Å². The lowest BCUT2D eigenvalue weighted by atomic mass is 10.1. The van der Waals surface area contributed by atoms with E-state index in [-0.39, 0.29) is 11.4 Å². The first-order valence-corrected chi connectivity index (χ1v) is 7.17. The van der Waals surface area contributed by atoms with Gasteiger partial charge in [0.05, 0.1) is 5.56 Å². The molecule has 3 amide bonds. The number of carbonyl (C=O) groups is 2. The Hall–Kier alpha value is -2.49. The smallest absolute Gasteiger partial charge is 0.321 e. The van der Waals surface area contributed by atoms with E-state index in [4.69, 9.17) is 5.26 Å². The zero-order valence-electron chi connectivity index (χ0n) is 13.7. The SMILES string of the molecule is CCNC(=O)[C@@H](C)NC(=O)Nc1cc(C#N)cn1C(C)(C)C. The molecule has 0 radical (unpaired) electrons. The standard InChI is InChI=1S/C15H23N5O2/c1-6-17-13(21)10(2)18-14(22)19-12-7-11(8-16)9-20(12)15(3,4)5/h7,9-10H,6H2,1-5H3,(H,17,21)(H2,18,19,22)/t10-/m1/s1. The van der Waals surface area contributed by atoms with Gasteiger partial charge in [-0.15, -0.1) is 0 Å². The molecule has 1 aromatic rings. The van der Waals surface area contributed by atoms with Crippen LogP contribution in [0.2, 0.25) is 0 Å². The molecule has 0 aliphatic rings. The fraction of sp³-hybridized carbons (Fsp3) is 0.533. The van der Waals surface area contributed by atoms with Crippen LogP contribution < -0.4 is 16.0 Å². The van der Waals surface area contributed by atoms with Gasteiger partial charge in [0.15, 0.2) is 0 Å². The zero-order chi connectivity index (χ0) is 16.9. The third-order valence-electron chi connectivity index (χ3n) is 3.01. The fourth-order valence-electron chi connectivity index (χ4n) is 1.92. The lowest BCUT2D eigenvalue weighted by Crippen LogP contribution is -2.46. The fourth-order valence-corrected chi connectivity index (χ4v) is 1.92. The van der Waals surface area contributed by atoms with Gasteiger partial charge in [0.1, 0.15) is 17.9 Å². The number of anilines is 1. The Morgan fingerprint density at radius 3 is 2.55 bits per heavy atom. The highest BCUT2D eigenvalue weighted by molar-refractivity contribution is 5.93. The zero-order valence-corrected chi connectivity index (χ0v) is 13.7. The highest BCUT2D eigenvalue weighted by Crippen LogP contribution is 2.23. The molecule has 1 heterocycles. The monoisotopic (exact) mass is 305 g/mol. The second kappa shape index (κ2) is 6.98. The summed E-state index contributed by atoms with van der Waals surface area (Å²) in [4.78, 5) is 23.6. The number of hydrogen-bond donors (Lipinski definition) is 3. The number of nitrogens with one attached hydrogen (secondary N) is 3. The molecule has 1 aromatic heterocycles. The molecule has 0 bridgehead atoms. The maximum absolute atomic E-state index is 12.0. The van der Waals surface area contributed by atoms with Crippen molar-refractivity contribution in [1.82, 2.24) is 15.2 Å². The molecule has 7 heteroatoms. The summed E-state index contributed by atoms with van der Waals surface area (Å²) in [7, 11) is 0. The second-order valence-electron chi connectivity index (χ2n) is 5.98. The molecule has 0 spiro atoms. The lowest BCUT2D eigenvalue weighted by molar-refractivity contribution is -0.122. The molecule has 1 atom stereocenters. The summed E-state index contributed by atoms with van der Waals surface area (Å²) >= 11 is 0. The molecular weight excluding hydrogens is 282 g/mol. The number of urea groups is 1. The predicted molar refractivity (Wildman–Crippen MR) is 84.4 cm³/mol. The predicted octanol–water partition coefficient (Wildman–Crippen LogP) is 1.76. The van der Waals surface area contributed by atoms with Gasteiger partial charge in [0.25, 0.3) is 0 Å². The number of hydrogen-bond acceptors (Lipinski definition) is 3. The van der Waals surface area contributed by atoms with E-state index in [2.05, 4.69) is 22.0 Å². The van der Waals surface area contributed by atoms with Gasteiger partial charge in [-0.05, 0) is 40.7 Å². The number of nitrogens with zero attached hydrogens (tertiary/aromatic N) is 2.